The van der Waals surface area contributed by atoms with Crippen LogP contribution in [-0.2, 0) is 6.42 Å². The van der Waals surface area contributed by atoms with Crippen molar-refractivity contribution >= 4 is 11.0 Å². The zero-order valence-corrected chi connectivity index (χ0v) is 17.8. The van der Waals surface area contributed by atoms with Gasteiger partial charge in [-0.25, -0.2) is 0 Å². The lowest BCUT2D eigenvalue weighted by atomic mass is 9.98. The molecule has 0 saturated carbocycles. The maximum atomic E-state index is 13.0. The van der Waals surface area contributed by atoms with Crippen molar-refractivity contribution in [2.75, 3.05) is 0 Å². The summed E-state index contributed by atoms with van der Waals surface area (Å²) in [5.74, 6) is -0.952. The molecule has 3 aromatic rings. The molecule has 0 radical (unpaired) electrons. The lowest BCUT2D eigenvalue weighted by Gasteiger charge is -2.11. The minimum Gasteiger partial charge on any atom is -0.508 e. The number of fused-ring (bicyclic) bond motifs is 1. The van der Waals surface area contributed by atoms with Gasteiger partial charge >= 0.3 is 0 Å². The van der Waals surface area contributed by atoms with Gasteiger partial charge in [-0.05, 0) is 52.2 Å². The summed E-state index contributed by atoms with van der Waals surface area (Å²) in [5.41, 5.74) is 2.37. The average molecular weight is 422 g/mol. The molecule has 0 spiro atoms. The van der Waals surface area contributed by atoms with Gasteiger partial charge in [0.25, 0.3) is 0 Å². The second-order valence-corrected chi connectivity index (χ2v) is 7.85. The first-order valence-electron chi connectivity index (χ1n) is 9.99. The van der Waals surface area contributed by atoms with Gasteiger partial charge in [-0.1, -0.05) is 23.3 Å². The Morgan fingerprint density at radius 2 is 1.71 bits per heavy atom. The molecule has 31 heavy (non-hydrogen) atoms. The van der Waals surface area contributed by atoms with Gasteiger partial charge in [0.2, 0.25) is 5.43 Å². The number of aromatic hydroxyl groups is 4. The van der Waals surface area contributed by atoms with Crippen molar-refractivity contribution in [3.05, 3.63) is 69.6 Å². The van der Waals surface area contributed by atoms with Gasteiger partial charge in [0.1, 0.15) is 40.2 Å². The summed E-state index contributed by atoms with van der Waals surface area (Å²) in [4.78, 5) is 13.0. The Bertz CT molecular complexity index is 1240. The number of hydrogen-bond acceptors (Lipinski definition) is 6. The van der Waals surface area contributed by atoms with E-state index in [9.17, 15) is 25.2 Å². The largest absolute Gasteiger partial charge is 0.508 e. The Morgan fingerprint density at radius 1 is 0.968 bits per heavy atom. The van der Waals surface area contributed by atoms with Crippen LogP contribution in [0.15, 0.2) is 63.0 Å². The van der Waals surface area contributed by atoms with E-state index in [0.29, 0.717) is 12.0 Å². The summed E-state index contributed by atoms with van der Waals surface area (Å²) in [7, 11) is 0. The zero-order valence-electron chi connectivity index (χ0n) is 17.8. The van der Waals surface area contributed by atoms with Crippen molar-refractivity contribution in [2.45, 2.75) is 40.0 Å². The summed E-state index contributed by atoms with van der Waals surface area (Å²) in [6, 6.07) is 5.12. The molecule has 0 aliphatic heterocycles. The molecule has 0 atom stereocenters. The number of phenolic OH excluding ortho intramolecular Hbond substituents is 4. The fraction of sp³-hybridized carbons (Fsp3) is 0.240. The van der Waals surface area contributed by atoms with Gasteiger partial charge in [-0.2, -0.15) is 0 Å². The van der Waals surface area contributed by atoms with Gasteiger partial charge in [0, 0.05) is 23.3 Å². The molecule has 0 fully saturated rings. The minimum absolute atomic E-state index is 0.0275. The molecule has 0 bridgehead atoms. The molecule has 2 aromatic carbocycles. The number of allylic oxidation sites excluding steroid dienone is 4. The minimum atomic E-state index is -0.556. The second-order valence-electron chi connectivity index (χ2n) is 7.85. The third-order valence-corrected chi connectivity index (χ3v) is 5.14. The Hall–Kier alpha value is -3.67. The third kappa shape index (κ3) is 4.74. The van der Waals surface area contributed by atoms with Crippen LogP contribution in [0.1, 0.15) is 39.2 Å². The molecule has 1 heterocycles. The molecule has 0 unspecified atom stereocenters. The average Bonchev–Trinajstić information content (AvgIpc) is 2.68. The van der Waals surface area contributed by atoms with E-state index in [-0.39, 0.29) is 39.3 Å². The molecular formula is C25H26O6. The number of phenols is 4. The van der Waals surface area contributed by atoms with Gasteiger partial charge in [0.15, 0.2) is 0 Å². The summed E-state index contributed by atoms with van der Waals surface area (Å²) in [5, 5.41) is 40.7. The maximum absolute atomic E-state index is 13.0. The maximum Gasteiger partial charge on any atom is 0.204 e. The highest BCUT2D eigenvalue weighted by Crippen LogP contribution is 2.38. The molecule has 4 N–H and O–H groups in total. The zero-order chi connectivity index (χ0) is 22.7. The van der Waals surface area contributed by atoms with Crippen LogP contribution >= 0.6 is 0 Å². The van der Waals surface area contributed by atoms with E-state index in [1.54, 1.807) is 0 Å². The van der Waals surface area contributed by atoms with Crippen LogP contribution in [0.5, 0.6) is 23.0 Å². The fourth-order valence-electron chi connectivity index (χ4n) is 3.42. The predicted molar refractivity (Wildman–Crippen MR) is 121 cm³/mol. The van der Waals surface area contributed by atoms with Crippen molar-refractivity contribution in [3.8, 4) is 34.1 Å². The molecule has 0 aliphatic rings. The van der Waals surface area contributed by atoms with E-state index in [1.807, 2.05) is 26.8 Å². The van der Waals surface area contributed by atoms with Gasteiger partial charge < -0.3 is 24.8 Å². The van der Waals surface area contributed by atoms with Crippen molar-refractivity contribution in [1.29, 1.82) is 0 Å². The Balaban J connectivity index is 2.00. The van der Waals surface area contributed by atoms with E-state index in [1.165, 1.54) is 30.0 Å². The molecule has 0 amide bonds. The van der Waals surface area contributed by atoms with E-state index >= 15 is 0 Å². The first kappa shape index (κ1) is 22.0. The normalized spacial score (nSPS) is 11.6. The number of hydrogen-bond donors (Lipinski definition) is 4. The van der Waals surface area contributed by atoms with Gasteiger partial charge in [-0.15, -0.1) is 0 Å². The molecule has 6 heteroatoms. The highest BCUT2D eigenvalue weighted by Gasteiger charge is 2.19. The monoisotopic (exact) mass is 422 g/mol. The molecule has 6 nitrogen and oxygen atoms in total. The van der Waals surface area contributed by atoms with Crippen LogP contribution in [0.3, 0.4) is 0 Å². The van der Waals surface area contributed by atoms with E-state index in [0.717, 1.165) is 24.5 Å². The predicted octanol–water partition coefficient (Wildman–Crippen LogP) is 5.52. The van der Waals surface area contributed by atoms with E-state index < -0.39 is 11.2 Å². The first-order valence-corrected chi connectivity index (χ1v) is 9.99. The van der Waals surface area contributed by atoms with Crippen LogP contribution < -0.4 is 5.43 Å². The second kappa shape index (κ2) is 9.00. The van der Waals surface area contributed by atoms with Crippen molar-refractivity contribution in [2.24, 2.45) is 0 Å². The van der Waals surface area contributed by atoms with Gasteiger partial charge in [-0.3, -0.25) is 4.79 Å². The Labute approximate surface area is 180 Å². The van der Waals surface area contributed by atoms with Crippen LogP contribution in [-0.4, -0.2) is 20.4 Å². The van der Waals surface area contributed by atoms with Gasteiger partial charge in [0.05, 0.1) is 5.56 Å². The smallest absolute Gasteiger partial charge is 0.204 e. The summed E-state index contributed by atoms with van der Waals surface area (Å²) < 4.78 is 5.42. The standard InChI is InChI=1S/C25H26O6/c1-14(2)5-4-6-15(3)7-8-18-20(27)10-9-17(24(18)29)19-13-31-22-12-16(26)11-21(28)23(22)25(19)30/h5,7,9-13,26-29H,4,6,8H2,1-3H3/b15-7+. The summed E-state index contributed by atoms with van der Waals surface area (Å²) in [6.07, 6.45) is 7.34. The number of rotatable bonds is 6. The highest BCUT2D eigenvalue weighted by atomic mass is 16.3. The van der Waals surface area contributed by atoms with Crippen LogP contribution in [0.4, 0.5) is 0 Å². The van der Waals surface area contributed by atoms with Crippen LogP contribution in [0, 0.1) is 0 Å². The summed E-state index contributed by atoms with van der Waals surface area (Å²) in [6.45, 7) is 6.09. The lowest BCUT2D eigenvalue weighted by Crippen LogP contribution is -2.05. The third-order valence-electron chi connectivity index (χ3n) is 5.14. The number of benzene rings is 2. The van der Waals surface area contributed by atoms with Crippen molar-refractivity contribution < 1.29 is 24.8 Å². The van der Waals surface area contributed by atoms with Crippen LogP contribution in [0.25, 0.3) is 22.1 Å². The molecule has 162 valence electrons. The van der Waals surface area contributed by atoms with Crippen LogP contribution in [0.2, 0.25) is 0 Å². The first-order chi connectivity index (χ1) is 14.7. The summed E-state index contributed by atoms with van der Waals surface area (Å²) >= 11 is 0. The fourth-order valence-corrected chi connectivity index (χ4v) is 3.42. The van der Waals surface area contributed by atoms with Crippen molar-refractivity contribution in [1.82, 2.24) is 0 Å². The quantitative estimate of drug-likeness (QED) is 0.389. The topological polar surface area (TPSA) is 111 Å². The Kier molecular flexibility index (Phi) is 6.39. The molecule has 3 rings (SSSR count). The molecular weight excluding hydrogens is 396 g/mol. The SMILES string of the molecule is CC(C)=CCC/C(C)=C/Cc1c(O)ccc(-c2coc3cc(O)cc(O)c3c2=O)c1O. The molecule has 1 aromatic heterocycles. The lowest BCUT2D eigenvalue weighted by molar-refractivity contribution is 0.441. The highest BCUT2D eigenvalue weighted by molar-refractivity contribution is 5.89. The van der Waals surface area contributed by atoms with E-state index in [2.05, 4.69) is 6.08 Å². The molecule has 0 aliphatic carbocycles. The Morgan fingerprint density at radius 3 is 2.42 bits per heavy atom. The van der Waals surface area contributed by atoms with E-state index in [4.69, 9.17) is 4.42 Å². The molecule has 0 saturated heterocycles. The van der Waals surface area contributed by atoms with Crippen molar-refractivity contribution in [3.63, 3.8) is 0 Å².